The summed E-state index contributed by atoms with van der Waals surface area (Å²) in [4.78, 5) is 3.96. The molecule has 0 aromatic rings. The van der Waals surface area contributed by atoms with E-state index in [-0.39, 0.29) is 12.3 Å². The first-order valence-electron chi connectivity index (χ1n) is 3.65. The largest absolute Gasteiger partial charge is 0.390 e. The van der Waals surface area contributed by atoms with Crippen LogP contribution in [0.3, 0.4) is 0 Å². The highest BCUT2D eigenvalue weighted by atomic mass is 16.5. The molecule has 2 rings (SSSR count). The zero-order valence-corrected chi connectivity index (χ0v) is 6.03. The van der Waals surface area contributed by atoms with Crippen LogP contribution in [0.5, 0.6) is 0 Å². The monoisotopic (exact) mass is 157 g/mol. The van der Waals surface area contributed by atoms with Crippen molar-refractivity contribution < 1.29 is 9.84 Å². The van der Waals surface area contributed by atoms with E-state index >= 15 is 0 Å². The van der Waals surface area contributed by atoms with E-state index in [9.17, 15) is 5.11 Å². The molecular formula is C6H11N3O2. The van der Waals surface area contributed by atoms with Gasteiger partial charge >= 0.3 is 0 Å². The van der Waals surface area contributed by atoms with Crippen LogP contribution >= 0.6 is 0 Å². The number of aliphatic imine (C=N–C) groups is 1. The van der Waals surface area contributed by atoms with Crippen LogP contribution in [0, 0.1) is 0 Å². The Morgan fingerprint density at radius 3 is 3.36 bits per heavy atom. The number of hydrogen-bond acceptors (Lipinski definition) is 5. The van der Waals surface area contributed by atoms with E-state index in [2.05, 4.69) is 10.3 Å². The maximum Gasteiger partial charge on any atom is 0.190 e. The quantitative estimate of drug-likeness (QED) is 0.395. The minimum absolute atomic E-state index is 0.152. The first kappa shape index (κ1) is 6.87. The van der Waals surface area contributed by atoms with Crippen molar-refractivity contribution in [3.8, 4) is 0 Å². The third kappa shape index (κ3) is 1.17. The number of aliphatic hydroxyl groups is 1. The van der Waals surface area contributed by atoms with Crippen LogP contribution in [0.15, 0.2) is 4.99 Å². The summed E-state index contributed by atoms with van der Waals surface area (Å²) in [6.45, 7) is 0.455. The minimum atomic E-state index is -0.399. The van der Waals surface area contributed by atoms with Crippen LogP contribution < -0.4 is 11.1 Å². The molecule has 5 heteroatoms. The summed E-state index contributed by atoms with van der Waals surface area (Å²) < 4.78 is 5.35. The molecular weight excluding hydrogens is 146 g/mol. The second-order valence-corrected chi connectivity index (χ2v) is 2.84. The smallest absolute Gasteiger partial charge is 0.190 e. The van der Waals surface area contributed by atoms with E-state index in [1.807, 2.05) is 0 Å². The second-order valence-electron chi connectivity index (χ2n) is 2.84. The Balaban J connectivity index is 2.13. The summed E-state index contributed by atoms with van der Waals surface area (Å²) in [5.41, 5.74) is 5.44. The van der Waals surface area contributed by atoms with Gasteiger partial charge in [-0.25, -0.2) is 0 Å². The van der Waals surface area contributed by atoms with Crippen LogP contribution in [-0.2, 0) is 4.74 Å². The van der Waals surface area contributed by atoms with Crippen LogP contribution in [0.2, 0.25) is 0 Å². The highest BCUT2D eigenvalue weighted by molar-refractivity contribution is 5.78. The van der Waals surface area contributed by atoms with Crippen LogP contribution in [0.25, 0.3) is 0 Å². The predicted molar refractivity (Wildman–Crippen MR) is 38.9 cm³/mol. The lowest BCUT2D eigenvalue weighted by atomic mass is 10.2. The Morgan fingerprint density at radius 2 is 2.55 bits per heavy atom. The van der Waals surface area contributed by atoms with Gasteiger partial charge in [0.05, 0.1) is 12.6 Å². The van der Waals surface area contributed by atoms with Gasteiger partial charge in [-0.15, -0.1) is 0 Å². The van der Waals surface area contributed by atoms with E-state index in [0.717, 1.165) is 0 Å². The molecule has 11 heavy (non-hydrogen) atoms. The first-order chi connectivity index (χ1) is 5.25. The van der Waals surface area contributed by atoms with Crippen LogP contribution in [0.1, 0.15) is 6.42 Å². The molecule has 0 aromatic carbocycles. The molecule has 0 amide bonds. The Bertz CT molecular complexity index is 194. The van der Waals surface area contributed by atoms with E-state index < -0.39 is 6.10 Å². The Hall–Kier alpha value is -0.810. The van der Waals surface area contributed by atoms with Crippen molar-refractivity contribution in [2.75, 3.05) is 6.54 Å². The lowest BCUT2D eigenvalue weighted by Crippen LogP contribution is -2.39. The second kappa shape index (κ2) is 2.35. The number of nitrogens with two attached hydrogens (primary N) is 1. The normalized spacial score (nSPS) is 42.6. The van der Waals surface area contributed by atoms with Gasteiger partial charge in [0.2, 0.25) is 0 Å². The molecule has 5 nitrogen and oxygen atoms in total. The number of hydrogen-bond donors (Lipinski definition) is 3. The fourth-order valence-electron chi connectivity index (χ4n) is 1.38. The molecule has 1 fully saturated rings. The molecule has 0 aliphatic carbocycles. The van der Waals surface area contributed by atoms with Gasteiger partial charge in [0.1, 0.15) is 12.3 Å². The van der Waals surface area contributed by atoms with Gasteiger partial charge < -0.3 is 20.9 Å². The van der Waals surface area contributed by atoms with E-state index in [1.54, 1.807) is 0 Å². The molecule has 0 radical (unpaired) electrons. The zero-order chi connectivity index (χ0) is 7.84. The predicted octanol–water partition coefficient (Wildman–Crippen LogP) is -1.62. The fraction of sp³-hybridized carbons (Fsp3) is 0.833. The third-order valence-electron chi connectivity index (χ3n) is 1.97. The van der Waals surface area contributed by atoms with Crippen LogP contribution in [-0.4, -0.2) is 36.0 Å². The van der Waals surface area contributed by atoms with E-state index in [0.29, 0.717) is 18.9 Å². The van der Waals surface area contributed by atoms with Crippen molar-refractivity contribution in [2.45, 2.75) is 24.9 Å². The molecule has 4 N–H and O–H groups in total. The summed E-state index contributed by atoms with van der Waals surface area (Å²) in [6.07, 6.45) is -0.125. The number of nitrogens with one attached hydrogen (secondary N) is 1. The summed E-state index contributed by atoms with van der Waals surface area (Å²) in [5, 5.41) is 12.2. The van der Waals surface area contributed by atoms with E-state index in [4.69, 9.17) is 10.5 Å². The highest BCUT2D eigenvalue weighted by Crippen LogP contribution is 2.20. The Morgan fingerprint density at radius 1 is 1.73 bits per heavy atom. The average molecular weight is 157 g/mol. The molecule has 0 aromatic heterocycles. The molecule has 2 aliphatic heterocycles. The van der Waals surface area contributed by atoms with Gasteiger partial charge in [-0.05, 0) is 0 Å². The lowest BCUT2D eigenvalue weighted by Gasteiger charge is -2.09. The van der Waals surface area contributed by atoms with Crippen LogP contribution in [0.4, 0.5) is 0 Å². The summed E-state index contributed by atoms with van der Waals surface area (Å²) in [7, 11) is 0. The standard InChI is InChI=1S/C6H11N3O2/c7-6-8-2-4-3(10)1-5(9-6)11-4/h3-5,10H,1-2H2,(H3,7,8,9). The van der Waals surface area contributed by atoms with Crippen molar-refractivity contribution in [2.24, 2.45) is 10.7 Å². The summed E-state index contributed by atoms with van der Waals surface area (Å²) in [5.74, 6) is 0.407. The molecule has 62 valence electrons. The maximum atomic E-state index is 9.34. The molecule has 1 saturated heterocycles. The van der Waals surface area contributed by atoms with Gasteiger partial charge in [0, 0.05) is 6.42 Å². The molecule has 0 spiro atoms. The topological polar surface area (TPSA) is 79.9 Å². The SMILES string of the molecule is NC1=NCC2OC(CC2O)N1. The lowest BCUT2D eigenvalue weighted by molar-refractivity contribution is 0.0155. The molecule has 2 aliphatic rings. The van der Waals surface area contributed by atoms with Crippen molar-refractivity contribution in [1.82, 2.24) is 5.32 Å². The summed E-state index contributed by atoms with van der Waals surface area (Å²) in [6, 6.07) is 0. The zero-order valence-electron chi connectivity index (χ0n) is 6.03. The number of aliphatic hydroxyl groups excluding tert-OH is 1. The highest BCUT2D eigenvalue weighted by Gasteiger charge is 2.35. The number of ether oxygens (including phenoxy) is 1. The minimum Gasteiger partial charge on any atom is -0.390 e. The first-order valence-corrected chi connectivity index (χ1v) is 3.65. The summed E-state index contributed by atoms with van der Waals surface area (Å²) >= 11 is 0. The molecule has 0 saturated carbocycles. The third-order valence-corrected chi connectivity index (χ3v) is 1.97. The maximum absolute atomic E-state index is 9.34. The van der Waals surface area contributed by atoms with Gasteiger partial charge in [-0.1, -0.05) is 0 Å². The van der Waals surface area contributed by atoms with Gasteiger partial charge in [-0.3, -0.25) is 4.99 Å². The van der Waals surface area contributed by atoms with Crippen molar-refractivity contribution in [1.29, 1.82) is 0 Å². The molecule has 3 unspecified atom stereocenters. The van der Waals surface area contributed by atoms with Gasteiger partial charge in [0.25, 0.3) is 0 Å². The van der Waals surface area contributed by atoms with Crippen molar-refractivity contribution in [3.63, 3.8) is 0 Å². The van der Waals surface area contributed by atoms with Gasteiger partial charge in [0.15, 0.2) is 5.96 Å². The number of nitrogens with zero attached hydrogens (tertiary/aromatic N) is 1. The fourth-order valence-corrected chi connectivity index (χ4v) is 1.38. The molecule has 2 heterocycles. The molecule has 2 bridgehead atoms. The number of rotatable bonds is 0. The van der Waals surface area contributed by atoms with Crippen molar-refractivity contribution >= 4 is 5.96 Å². The molecule has 3 atom stereocenters. The Kier molecular flexibility index (Phi) is 1.47. The number of fused-ring (bicyclic) bond motifs is 2. The number of guanidine groups is 1. The van der Waals surface area contributed by atoms with E-state index in [1.165, 1.54) is 0 Å². The van der Waals surface area contributed by atoms with Gasteiger partial charge in [-0.2, -0.15) is 0 Å². The average Bonchev–Trinajstić information content (AvgIpc) is 2.13. The Labute approximate surface area is 64.2 Å². The van der Waals surface area contributed by atoms with Crippen molar-refractivity contribution in [3.05, 3.63) is 0 Å².